The monoisotopic (exact) mass is 248 g/mol. The molecule has 1 heterocycles. The van der Waals surface area contributed by atoms with Gasteiger partial charge in [-0.05, 0) is 44.2 Å². The number of ether oxygens (including phenoxy) is 1. The Hall–Kier alpha value is -1.18. The molecule has 0 aliphatic carbocycles. The van der Waals surface area contributed by atoms with Crippen LogP contribution in [0.15, 0.2) is 0 Å². The minimum Gasteiger partial charge on any atom is -0.507 e. The second-order valence-electron chi connectivity index (χ2n) is 7.07. The summed E-state index contributed by atoms with van der Waals surface area (Å²) < 4.78 is 6.16. The van der Waals surface area contributed by atoms with E-state index in [1.165, 1.54) is 5.56 Å². The van der Waals surface area contributed by atoms with E-state index < -0.39 is 0 Å². The molecule has 0 unspecified atom stereocenters. The van der Waals surface area contributed by atoms with Gasteiger partial charge in [-0.2, -0.15) is 0 Å². The van der Waals surface area contributed by atoms with Gasteiger partial charge in [0, 0.05) is 17.5 Å². The topological polar surface area (TPSA) is 29.5 Å². The Balaban J connectivity index is 2.78. The number of rotatable bonds is 0. The van der Waals surface area contributed by atoms with Gasteiger partial charge in [0.15, 0.2) is 0 Å². The van der Waals surface area contributed by atoms with Crippen LogP contribution in [-0.4, -0.2) is 10.7 Å². The van der Waals surface area contributed by atoms with Crippen molar-refractivity contribution in [2.45, 2.75) is 65.9 Å². The van der Waals surface area contributed by atoms with Crippen LogP contribution < -0.4 is 4.74 Å². The number of hydrogen-bond donors (Lipinski definition) is 1. The van der Waals surface area contributed by atoms with Gasteiger partial charge in [-0.25, -0.2) is 0 Å². The van der Waals surface area contributed by atoms with Crippen LogP contribution in [0.2, 0.25) is 0 Å². The van der Waals surface area contributed by atoms with Crippen molar-refractivity contribution in [3.63, 3.8) is 0 Å². The zero-order chi connectivity index (χ0) is 13.9. The zero-order valence-electron chi connectivity index (χ0n) is 12.6. The molecule has 1 aliphatic heterocycles. The van der Waals surface area contributed by atoms with E-state index in [1.807, 2.05) is 13.8 Å². The molecular weight excluding hydrogens is 224 g/mol. The summed E-state index contributed by atoms with van der Waals surface area (Å²) in [4.78, 5) is 0. The summed E-state index contributed by atoms with van der Waals surface area (Å²) in [6.07, 6.45) is 0.866. The predicted molar refractivity (Wildman–Crippen MR) is 74.7 cm³/mol. The van der Waals surface area contributed by atoms with E-state index in [4.69, 9.17) is 4.74 Å². The molecule has 100 valence electrons. The molecule has 1 aliphatic rings. The highest BCUT2D eigenvalue weighted by molar-refractivity contribution is 5.62. The molecule has 0 radical (unpaired) electrons. The molecule has 1 N–H and O–H groups in total. The largest absolute Gasteiger partial charge is 0.507 e. The van der Waals surface area contributed by atoms with E-state index in [1.54, 1.807) is 0 Å². The first kappa shape index (κ1) is 13.3. The summed E-state index contributed by atoms with van der Waals surface area (Å²) in [5.74, 6) is 1.43. The van der Waals surface area contributed by atoms with Gasteiger partial charge in [-0.1, -0.05) is 20.8 Å². The van der Waals surface area contributed by atoms with Crippen molar-refractivity contribution in [2.75, 3.05) is 0 Å². The lowest BCUT2D eigenvalue weighted by atomic mass is 9.80. The van der Waals surface area contributed by atoms with Crippen LogP contribution in [0.1, 0.15) is 56.9 Å². The van der Waals surface area contributed by atoms with Crippen molar-refractivity contribution in [1.29, 1.82) is 0 Å². The maximum Gasteiger partial charge on any atom is 0.127 e. The summed E-state index contributed by atoms with van der Waals surface area (Å²) in [6, 6.07) is 0. The molecule has 0 atom stereocenters. The van der Waals surface area contributed by atoms with Gasteiger partial charge in [0.2, 0.25) is 0 Å². The second kappa shape index (κ2) is 3.66. The number of phenolic OH excluding ortho intramolecular Hbond substituents is 1. The molecule has 0 amide bonds. The van der Waals surface area contributed by atoms with E-state index in [0.717, 1.165) is 28.9 Å². The molecule has 2 nitrogen and oxygen atoms in total. The van der Waals surface area contributed by atoms with Gasteiger partial charge in [-0.3, -0.25) is 0 Å². The molecule has 0 fully saturated rings. The highest BCUT2D eigenvalue weighted by Gasteiger charge is 2.38. The van der Waals surface area contributed by atoms with Gasteiger partial charge in [0.25, 0.3) is 0 Å². The lowest BCUT2D eigenvalue weighted by Crippen LogP contribution is -2.25. The minimum atomic E-state index is -0.173. The summed E-state index contributed by atoms with van der Waals surface area (Å²) in [6.45, 7) is 14.7. The molecule has 0 saturated carbocycles. The van der Waals surface area contributed by atoms with Crippen molar-refractivity contribution >= 4 is 0 Å². The van der Waals surface area contributed by atoms with Crippen molar-refractivity contribution in [3.05, 3.63) is 22.3 Å². The average molecular weight is 248 g/mol. The number of benzene rings is 1. The summed E-state index contributed by atoms with van der Waals surface area (Å²) >= 11 is 0. The number of phenols is 1. The third-order valence-corrected chi connectivity index (χ3v) is 3.77. The van der Waals surface area contributed by atoms with Crippen molar-refractivity contribution in [1.82, 2.24) is 0 Å². The first-order chi connectivity index (χ1) is 8.04. The third kappa shape index (κ3) is 1.88. The predicted octanol–water partition coefficient (Wildman–Crippen LogP) is 4.02. The SMILES string of the molecule is Cc1c(O)c(C)c(C(C)(C)C)c2c1CC(C)(C)O2. The van der Waals surface area contributed by atoms with Crippen molar-refractivity contribution in [2.24, 2.45) is 0 Å². The highest BCUT2D eigenvalue weighted by atomic mass is 16.5. The fourth-order valence-corrected chi connectivity index (χ4v) is 3.00. The Morgan fingerprint density at radius 1 is 1.11 bits per heavy atom. The van der Waals surface area contributed by atoms with Crippen LogP contribution in [0, 0.1) is 13.8 Å². The van der Waals surface area contributed by atoms with Crippen LogP contribution in [0.5, 0.6) is 11.5 Å². The van der Waals surface area contributed by atoms with E-state index in [2.05, 4.69) is 34.6 Å². The molecule has 0 aromatic heterocycles. The Morgan fingerprint density at radius 3 is 2.17 bits per heavy atom. The van der Waals surface area contributed by atoms with Crippen LogP contribution in [0.25, 0.3) is 0 Å². The maximum atomic E-state index is 10.3. The third-order valence-electron chi connectivity index (χ3n) is 3.77. The minimum absolute atomic E-state index is 0.0280. The number of hydrogen-bond acceptors (Lipinski definition) is 2. The standard InChI is InChI=1S/C16H24O2/c1-9-11-8-16(6,7)18-14(11)12(15(3,4)5)10(2)13(9)17/h17H,8H2,1-7H3. The Bertz CT molecular complexity index is 505. The van der Waals surface area contributed by atoms with Gasteiger partial charge in [0.05, 0.1) is 0 Å². The van der Waals surface area contributed by atoms with E-state index in [0.29, 0.717) is 5.75 Å². The Morgan fingerprint density at radius 2 is 1.67 bits per heavy atom. The quantitative estimate of drug-likeness (QED) is 0.751. The van der Waals surface area contributed by atoms with Gasteiger partial charge >= 0.3 is 0 Å². The fraction of sp³-hybridized carbons (Fsp3) is 0.625. The molecule has 0 saturated heterocycles. The fourth-order valence-electron chi connectivity index (χ4n) is 3.00. The lowest BCUT2D eigenvalue weighted by Gasteiger charge is -2.27. The Kier molecular flexibility index (Phi) is 2.69. The first-order valence-corrected chi connectivity index (χ1v) is 6.59. The molecule has 1 aromatic rings. The highest BCUT2D eigenvalue weighted by Crippen LogP contribution is 2.48. The van der Waals surface area contributed by atoms with Gasteiger partial charge < -0.3 is 9.84 Å². The van der Waals surface area contributed by atoms with Gasteiger partial charge in [-0.15, -0.1) is 0 Å². The lowest BCUT2D eigenvalue weighted by molar-refractivity contribution is 0.136. The maximum absolute atomic E-state index is 10.3. The number of fused-ring (bicyclic) bond motifs is 1. The molecular formula is C16H24O2. The average Bonchev–Trinajstić information content (AvgIpc) is 2.48. The van der Waals surface area contributed by atoms with E-state index in [-0.39, 0.29) is 11.0 Å². The molecule has 2 rings (SSSR count). The van der Waals surface area contributed by atoms with Crippen LogP contribution in [0.3, 0.4) is 0 Å². The van der Waals surface area contributed by atoms with Crippen LogP contribution >= 0.6 is 0 Å². The van der Waals surface area contributed by atoms with Crippen molar-refractivity contribution in [3.8, 4) is 11.5 Å². The smallest absolute Gasteiger partial charge is 0.127 e. The van der Waals surface area contributed by atoms with Crippen molar-refractivity contribution < 1.29 is 9.84 Å². The van der Waals surface area contributed by atoms with E-state index >= 15 is 0 Å². The van der Waals surface area contributed by atoms with Crippen LogP contribution in [0.4, 0.5) is 0 Å². The van der Waals surface area contributed by atoms with Crippen LogP contribution in [-0.2, 0) is 11.8 Å². The first-order valence-electron chi connectivity index (χ1n) is 6.59. The molecule has 0 spiro atoms. The number of aromatic hydroxyl groups is 1. The summed E-state index contributed by atoms with van der Waals surface area (Å²) in [5, 5.41) is 10.3. The molecule has 18 heavy (non-hydrogen) atoms. The second-order valence-corrected chi connectivity index (χ2v) is 7.07. The zero-order valence-corrected chi connectivity index (χ0v) is 12.6. The van der Waals surface area contributed by atoms with Gasteiger partial charge in [0.1, 0.15) is 17.1 Å². The molecule has 1 aromatic carbocycles. The molecule has 2 heteroatoms. The molecule has 0 bridgehead atoms. The summed E-state index contributed by atoms with van der Waals surface area (Å²) in [7, 11) is 0. The summed E-state index contributed by atoms with van der Waals surface area (Å²) in [5.41, 5.74) is 4.05. The Labute approximate surface area is 110 Å². The normalized spacial score (nSPS) is 17.5. The van der Waals surface area contributed by atoms with E-state index in [9.17, 15) is 5.11 Å².